The highest BCUT2D eigenvalue weighted by molar-refractivity contribution is 4.97. The molecule has 2 aromatic heterocycles. The molecule has 0 saturated heterocycles. The van der Waals surface area contributed by atoms with Gasteiger partial charge in [-0.2, -0.15) is 0 Å². The van der Waals surface area contributed by atoms with Crippen LogP contribution in [0.2, 0.25) is 0 Å². The predicted molar refractivity (Wildman–Crippen MR) is 70.0 cm³/mol. The minimum Gasteiger partial charge on any atom is -0.468 e. The lowest BCUT2D eigenvalue weighted by atomic mass is 10.4. The molecular weight excluding hydrogens is 228 g/mol. The van der Waals surface area contributed by atoms with E-state index in [1.54, 1.807) is 6.26 Å². The summed E-state index contributed by atoms with van der Waals surface area (Å²) in [5, 5.41) is 3.35. The first-order valence-electron chi connectivity index (χ1n) is 6.13. The summed E-state index contributed by atoms with van der Waals surface area (Å²) in [6.07, 6.45) is 5.50. The van der Waals surface area contributed by atoms with Crippen LogP contribution in [0, 0.1) is 0 Å². The Hall–Kier alpha value is -1.59. The molecule has 2 rings (SSSR count). The summed E-state index contributed by atoms with van der Waals surface area (Å²) in [5.41, 5.74) is 0. The normalized spacial score (nSPS) is 11.3. The van der Waals surface area contributed by atoms with Crippen LogP contribution in [0.4, 0.5) is 0 Å². The zero-order valence-corrected chi connectivity index (χ0v) is 11.0. The summed E-state index contributed by atoms with van der Waals surface area (Å²) in [5.74, 6) is 2.06. The highest BCUT2D eigenvalue weighted by Crippen LogP contribution is 2.00. The van der Waals surface area contributed by atoms with Crippen LogP contribution in [0.25, 0.3) is 0 Å². The van der Waals surface area contributed by atoms with Gasteiger partial charge in [0.05, 0.1) is 19.4 Å². The molecule has 2 heterocycles. The number of furan rings is 1. The zero-order chi connectivity index (χ0) is 12.8. The summed E-state index contributed by atoms with van der Waals surface area (Å²) < 4.78 is 7.30. The third-order valence-electron chi connectivity index (χ3n) is 2.88. The third kappa shape index (κ3) is 3.72. The number of aromatic nitrogens is 2. The van der Waals surface area contributed by atoms with E-state index in [1.807, 2.05) is 36.1 Å². The van der Waals surface area contributed by atoms with E-state index in [1.165, 1.54) is 0 Å². The van der Waals surface area contributed by atoms with E-state index in [9.17, 15) is 0 Å². The number of imidazole rings is 1. The highest BCUT2D eigenvalue weighted by Gasteiger charge is 2.04. The summed E-state index contributed by atoms with van der Waals surface area (Å²) >= 11 is 0. The molecule has 0 amide bonds. The van der Waals surface area contributed by atoms with E-state index in [-0.39, 0.29) is 0 Å². The number of hydrogen-bond donors (Lipinski definition) is 1. The molecule has 0 unspecified atom stereocenters. The number of nitrogens with one attached hydrogen (secondary N) is 1. The molecule has 0 aromatic carbocycles. The Morgan fingerprint density at radius 2 is 2.39 bits per heavy atom. The molecule has 98 valence electrons. The molecule has 0 atom stereocenters. The van der Waals surface area contributed by atoms with Gasteiger partial charge >= 0.3 is 0 Å². The lowest BCUT2D eigenvalue weighted by molar-refractivity contribution is 0.310. The average Bonchev–Trinajstić information content (AvgIpc) is 2.98. The van der Waals surface area contributed by atoms with Crippen LogP contribution < -0.4 is 5.32 Å². The van der Waals surface area contributed by atoms with E-state index in [0.717, 1.165) is 37.8 Å². The molecule has 0 fully saturated rings. The van der Waals surface area contributed by atoms with Crippen LogP contribution in [0.15, 0.2) is 35.2 Å². The molecule has 2 aromatic rings. The first kappa shape index (κ1) is 12.9. The van der Waals surface area contributed by atoms with Gasteiger partial charge in [-0.3, -0.25) is 4.90 Å². The molecule has 18 heavy (non-hydrogen) atoms. The fourth-order valence-corrected chi connectivity index (χ4v) is 1.76. The second kappa shape index (κ2) is 6.37. The van der Waals surface area contributed by atoms with Gasteiger partial charge in [-0.05, 0) is 19.2 Å². The molecule has 1 N–H and O–H groups in total. The van der Waals surface area contributed by atoms with Crippen LogP contribution in [0.5, 0.6) is 0 Å². The van der Waals surface area contributed by atoms with E-state index >= 15 is 0 Å². The van der Waals surface area contributed by atoms with Crippen molar-refractivity contribution in [2.75, 3.05) is 20.1 Å². The monoisotopic (exact) mass is 248 g/mol. The van der Waals surface area contributed by atoms with Gasteiger partial charge in [0.15, 0.2) is 0 Å². The number of hydrogen-bond acceptors (Lipinski definition) is 4. The van der Waals surface area contributed by atoms with Gasteiger partial charge in [-0.15, -0.1) is 0 Å². The Labute approximate surface area is 107 Å². The van der Waals surface area contributed by atoms with Gasteiger partial charge in [-0.1, -0.05) is 0 Å². The van der Waals surface area contributed by atoms with E-state index < -0.39 is 0 Å². The molecule has 5 nitrogen and oxygen atoms in total. The van der Waals surface area contributed by atoms with E-state index in [2.05, 4.69) is 22.2 Å². The van der Waals surface area contributed by atoms with Gasteiger partial charge < -0.3 is 14.3 Å². The highest BCUT2D eigenvalue weighted by atomic mass is 16.3. The predicted octanol–water partition coefficient (Wildman–Crippen LogP) is 1.23. The Bertz CT molecular complexity index is 449. The first-order valence-corrected chi connectivity index (χ1v) is 6.13. The lowest BCUT2D eigenvalue weighted by Crippen LogP contribution is -2.29. The van der Waals surface area contributed by atoms with Gasteiger partial charge in [0.2, 0.25) is 0 Å². The van der Waals surface area contributed by atoms with Gasteiger partial charge in [-0.25, -0.2) is 4.98 Å². The third-order valence-corrected chi connectivity index (χ3v) is 2.88. The van der Waals surface area contributed by atoms with Gasteiger partial charge in [0, 0.05) is 32.5 Å². The fraction of sp³-hybridized carbons (Fsp3) is 0.462. The molecule has 5 heteroatoms. The van der Waals surface area contributed by atoms with Crippen molar-refractivity contribution < 1.29 is 4.42 Å². The SMILES string of the molecule is CN(CCNCc1ccco1)Cc1nccn1C. The lowest BCUT2D eigenvalue weighted by Gasteiger charge is -2.16. The van der Waals surface area contributed by atoms with Crippen molar-refractivity contribution in [3.05, 3.63) is 42.4 Å². The summed E-state index contributed by atoms with van der Waals surface area (Å²) in [4.78, 5) is 6.56. The summed E-state index contributed by atoms with van der Waals surface area (Å²) in [7, 11) is 4.12. The van der Waals surface area contributed by atoms with Crippen LogP contribution in [-0.2, 0) is 20.1 Å². The smallest absolute Gasteiger partial charge is 0.122 e. The van der Waals surface area contributed by atoms with Crippen molar-refractivity contribution in [1.29, 1.82) is 0 Å². The van der Waals surface area contributed by atoms with Gasteiger partial charge in [0.1, 0.15) is 11.6 Å². The van der Waals surface area contributed by atoms with Crippen LogP contribution in [0.3, 0.4) is 0 Å². The van der Waals surface area contributed by atoms with E-state index in [4.69, 9.17) is 4.42 Å². The summed E-state index contributed by atoms with van der Waals surface area (Å²) in [6, 6.07) is 3.88. The van der Waals surface area contributed by atoms with Crippen molar-refractivity contribution in [2.24, 2.45) is 7.05 Å². The second-order valence-electron chi connectivity index (χ2n) is 4.45. The van der Waals surface area contributed by atoms with Gasteiger partial charge in [0.25, 0.3) is 0 Å². The quantitative estimate of drug-likeness (QED) is 0.749. The van der Waals surface area contributed by atoms with Crippen molar-refractivity contribution >= 4 is 0 Å². The maximum absolute atomic E-state index is 5.25. The number of likely N-dealkylation sites (N-methyl/N-ethyl adjacent to an activating group) is 1. The average molecular weight is 248 g/mol. The van der Waals surface area contributed by atoms with Crippen molar-refractivity contribution in [1.82, 2.24) is 19.8 Å². The molecular formula is C13H20N4O. The minimum atomic E-state index is 0.781. The molecule has 0 saturated carbocycles. The Kier molecular flexibility index (Phi) is 4.55. The number of nitrogens with zero attached hydrogens (tertiary/aromatic N) is 3. The summed E-state index contributed by atoms with van der Waals surface area (Å²) in [6.45, 7) is 3.56. The van der Waals surface area contributed by atoms with Crippen LogP contribution in [-0.4, -0.2) is 34.6 Å². The maximum atomic E-state index is 5.25. The Balaban J connectivity index is 1.63. The second-order valence-corrected chi connectivity index (χ2v) is 4.45. The molecule has 0 radical (unpaired) electrons. The largest absolute Gasteiger partial charge is 0.468 e. The van der Waals surface area contributed by atoms with E-state index in [0.29, 0.717) is 0 Å². The molecule has 0 aliphatic heterocycles. The minimum absolute atomic E-state index is 0.781. The standard InChI is InChI=1S/C13H20N4O/c1-16(11-13-15-6-8-17(13)2)7-5-14-10-12-4-3-9-18-12/h3-4,6,8-9,14H,5,7,10-11H2,1-2H3. The van der Waals surface area contributed by atoms with Crippen molar-refractivity contribution in [3.8, 4) is 0 Å². The fourth-order valence-electron chi connectivity index (χ4n) is 1.76. The van der Waals surface area contributed by atoms with Crippen molar-refractivity contribution in [3.63, 3.8) is 0 Å². The number of aryl methyl sites for hydroxylation is 1. The Morgan fingerprint density at radius 3 is 3.06 bits per heavy atom. The molecule has 0 spiro atoms. The maximum Gasteiger partial charge on any atom is 0.122 e. The molecule has 0 bridgehead atoms. The first-order chi connectivity index (χ1) is 8.75. The molecule has 0 aliphatic rings. The number of rotatable bonds is 7. The molecule has 0 aliphatic carbocycles. The van der Waals surface area contributed by atoms with Crippen molar-refractivity contribution in [2.45, 2.75) is 13.1 Å². The topological polar surface area (TPSA) is 46.2 Å². The van der Waals surface area contributed by atoms with Crippen LogP contribution >= 0.6 is 0 Å². The zero-order valence-electron chi connectivity index (χ0n) is 11.0. The van der Waals surface area contributed by atoms with Crippen LogP contribution in [0.1, 0.15) is 11.6 Å². The Morgan fingerprint density at radius 1 is 1.50 bits per heavy atom.